The number of rotatable bonds is 4. The minimum Gasteiger partial charge on any atom is -0.353 e. The van der Waals surface area contributed by atoms with Crippen LogP contribution in [0.3, 0.4) is 0 Å². The monoisotopic (exact) mass is 312 g/mol. The fraction of sp³-hybridized carbons (Fsp3) is 0.650. The molecule has 2 saturated carbocycles. The van der Waals surface area contributed by atoms with Crippen molar-refractivity contribution in [3.05, 3.63) is 35.9 Å². The summed E-state index contributed by atoms with van der Waals surface area (Å²) in [7, 11) is 0. The van der Waals surface area contributed by atoms with Crippen LogP contribution in [0.2, 0.25) is 0 Å². The van der Waals surface area contributed by atoms with E-state index in [0.29, 0.717) is 23.8 Å². The lowest BCUT2D eigenvalue weighted by Crippen LogP contribution is -2.46. The molecule has 1 heterocycles. The van der Waals surface area contributed by atoms with Crippen molar-refractivity contribution in [1.29, 1.82) is 0 Å². The van der Waals surface area contributed by atoms with Crippen molar-refractivity contribution in [3.63, 3.8) is 0 Å². The molecule has 1 saturated heterocycles. The van der Waals surface area contributed by atoms with Crippen LogP contribution in [0.4, 0.5) is 0 Å². The molecule has 3 unspecified atom stereocenters. The highest BCUT2D eigenvalue weighted by Gasteiger charge is 2.43. The third kappa shape index (κ3) is 3.45. The Kier molecular flexibility index (Phi) is 4.39. The zero-order chi connectivity index (χ0) is 15.6. The van der Waals surface area contributed by atoms with Gasteiger partial charge in [0.2, 0.25) is 5.91 Å². The summed E-state index contributed by atoms with van der Waals surface area (Å²) in [6, 6.07) is 11.1. The van der Waals surface area contributed by atoms with Gasteiger partial charge in [0.15, 0.2) is 0 Å². The Morgan fingerprint density at radius 2 is 1.83 bits per heavy atom. The first-order chi connectivity index (χ1) is 11.3. The van der Waals surface area contributed by atoms with Crippen LogP contribution in [0.1, 0.15) is 44.1 Å². The van der Waals surface area contributed by atoms with Crippen molar-refractivity contribution in [3.8, 4) is 0 Å². The van der Waals surface area contributed by atoms with E-state index >= 15 is 0 Å². The standard InChI is InChI=1S/C20H28N2O/c23-20(19-13-16-6-7-17(19)12-16)21-18-8-10-22(11-9-18)14-15-4-2-1-3-5-15/h1-5,16-19H,6-14H2,(H,21,23). The van der Waals surface area contributed by atoms with Crippen molar-refractivity contribution in [2.24, 2.45) is 17.8 Å². The molecule has 2 bridgehead atoms. The molecule has 1 amide bonds. The molecule has 0 aromatic heterocycles. The second-order valence-corrected chi connectivity index (χ2v) is 7.83. The molecular weight excluding hydrogens is 284 g/mol. The fourth-order valence-electron chi connectivity index (χ4n) is 4.95. The van der Waals surface area contributed by atoms with Crippen molar-refractivity contribution in [2.45, 2.75) is 51.1 Å². The van der Waals surface area contributed by atoms with E-state index in [1.54, 1.807) is 0 Å². The smallest absolute Gasteiger partial charge is 0.223 e. The normalized spacial score (nSPS) is 31.4. The highest BCUT2D eigenvalue weighted by Crippen LogP contribution is 2.48. The van der Waals surface area contributed by atoms with E-state index in [1.165, 1.54) is 24.8 Å². The molecule has 3 atom stereocenters. The first kappa shape index (κ1) is 15.2. The fourth-order valence-corrected chi connectivity index (χ4v) is 4.95. The summed E-state index contributed by atoms with van der Waals surface area (Å²) in [4.78, 5) is 15.1. The lowest BCUT2D eigenvalue weighted by molar-refractivity contribution is -0.127. The zero-order valence-electron chi connectivity index (χ0n) is 13.9. The van der Waals surface area contributed by atoms with Gasteiger partial charge in [-0.25, -0.2) is 0 Å². The number of nitrogens with one attached hydrogen (secondary N) is 1. The van der Waals surface area contributed by atoms with Crippen LogP contribution < -0.4 is 5.32 Å². The maximum absolute atomic E-state index is 12.6. The lowest BCUT2D eigenvalue weighted by atomic mass is 9.87. The molecule has 0 radical (unpaired) electrons. The van der Waals surface area contributed by atoms with Crippen molar-refractivity contribution < 1.29 is 4.79 Å². The van der Waals surface area contributed by atoms with Gasteiger partial charge in [-0.1, -0.05) is 36.8 Å². The zero-order valence-corrected chi connectivity index (χ0v) is 13.9. The van der Waals surface area contributed by atoms with E-state index < -0.39 is 0 Å². The summed E-state index contributed by atoms with van der Waals surface area (Å²) in [5.41, 5.74) is 1.39. The maximum Gasteiger partial charge on any atom is 0.223 e. The van der Waals surface area contributed by atoms with Gasteiger partial charge in [-0.3, -0.25) is 9.69 Å². The number of hydrogen-bond donors (Lipinski definition) is 1. The average Bonchev–Trinajstić information content (AvgIpc) is 3.21. The Hall–Kier alpha value is -1.35. The quantitative estimate of drug-likeness (QED) is 0.926. The molecule has 3 nitrogen and oxygen atoms in total. The van der Waals surface area contributed by atoms with Gasteiger partial charge in [-0.05, 0) is 49.5 Å². The van der Waals surface area contributed by atoms with E-state index in [0.717, 1.165) is 44.8 Å². The summed E-state index contributed by atoms with van der Waals surface area (Å²) in [5, 5.41) is 3.36. The Labute approximate surface area is 139 Å². The third-order valence-electron chi connectivity index (χ3n) is 6.26. The van der Waals surface area contributed by atoms with Crippen LogP contribution in [0, 0.1) is 17.8 Å². The Balaban J connectivity index is 1.23. The number of fused-ring (bicyclic) bond motifs is 2. The van der Waals surface area contributed by atoms with Crippen LogP contribution >= 0.6 is 0 Å². The van der Waals surface area contributed by atoms with Gasteiger partial charge in [0.1, 0.15) is 0 Å². The van der Waals surface area contributed by atoms with Crippen LogP contribution in [0.25, 0.3) is 0 Å². The van der Waals surface area contributed by atoms with Crippen LogP contribution in [0.5, 0.6) is 0 Å². The topological polar surface area (TPSA) is 32.3 Å². The first-order valence-corrected chi connectivity index (χ1v) is 9.34. The molecule has 1 aliphatic heterocycles. The lowest BCUT2D eigenvalue weighted by Gasteiger charge is -2.33. The van der Waals surface area contributed by atoms with Gasteiger partial charge in [-0.15, -0.1) is 0 Å². The second-order valence-electron chi connectivity index (χ2n) is 7.83. The second kappa shape index (κ2) is 6.64. The summed E-state index contributed by atoms with van der Waals surface area (Å²) < 4.78 is 0. The third-order valence-corrected chi connectivity index (χ3v) is 6.26. The summed E-state index contributed by atoms with van der Waals surface area (Å²) >= 11 is 0. The molecule has 1 aromatic rings. The van der Waals surface area contributed by atoms with E-state index in [9.17, 15) is 4.79 Å². The van der Waals surface area contributed by atoms with Crippen molar-refractivity contribution >= 4 is 5.91 Å². The Morgan fingerprint density at radius 3 is 2.48 bits per heavy atom. The number of amides is 1. The maximum atomic E-state index is 12.6. The summed E-state index contributed by atoms with van der Waals surface area (Å²) in [6.45, 7) is 3.22. The van der Waals surface area contributed by atoms with E-state index in [4.69, 9.17) is 0 Å². The van der Waals surface area contributed by atoms with E-state index in [2.05, 4.69) is 40.5 Å². The minimum atomic E-state index is 0.330. The van der Waals surface area contributed by atoms with Crippen molar-refractivity contribution in [2.75, 3.05) is 13.1 Å². The molecule has 4 rings (SSSR count). The number of piperidine rings is 1. The van der Waals surface area contributed by atoms with Crippen LogP contribution in [0.15, 0.2) is 30.3 Å². The molecule has 2 aliphatic carbocycles. The highest BCUT2D eigenvalue weighted by atomic mass is 16.2. The van der Waals surface area contributed by atoms with E-state index in [-0.39, 0.29) is 0 Å². The van der Waals surface area contributed by atoms with Gasteiger partial charge in [-0.2, -0.15) is 0 Å². The van der Waals surface area contributed by atoms with Gasteiger partial charge < -0.3 is 5.32 Å². The van der Waals surface area contributed by atoms with E-state index in [1.807, 2.05) is 0 Å². The molecular formula is C20H28N2O. The van der Waals surface area contributed by atoms with Crippen LogP contribution in [-0.4, -0.2) is 29.9 Å². The molecule has 3 aliphatic rings. The number of hydrogen-bond acceptors (Lipinski definition) is 2. The molecule has 0 spiro atoms. The number of carbonyl (C=O) groups is 1. The van der Waals surface area contributed by atoms with Gasteiger partial charge in [0.25, 0.3) is 0 Å². The van der Waals surface area contributed by atoms with Gasteiger partial charge in [0.05, 0.1) is 0 Å². The Morgan fingerprint density at radius 1 is 1.04 bits per heavy atom. The molecule has 3 heteroatoms. The summed E-state index contributed by atoms with van der Waals surface area (Å²) in [5.74, 6) is 2.23. The summed E-state index contributed by atoms with van der Waals surface area (Å²) in [6.07, 6.45) is 7.32. The van der Waals surface area contributed by atoms with Crippen molar-refractivity contribution in [1.82, 2.24) is 10.2 Å². The Bertz CT molecular complexity index is 536. The number of nitrogens with zero attached hydrogens (tertiary/aromatic N) is 1. The van der Waals surface area contributed by atoms with Gasteiger partial charge >= 0.3 is 0 Å². The van der Waals surface area contributed by atoms with Gasteiger partial charge in [0, 0.05) is 31.6 Å². The first-order valence-electron chi connectivity index (χ1n) is 9.34. The predicted octanol–water partition coefficient (Wildman–Crippen LogP) is 3.20. The molecule has 1 N–H and O–H groups in total. The average molecular weight is 312 g/mol. The molecule has 124 valence electrons. The molecule has 1 aromatic carbocycles. The molecule has 3 fully saturated rings. The number of likely N-dealkylation sites (tertiary alicyclic amines) is 1. The predicted molar refractivity (Wildman–Crippen MR) is 91.8 cm³/mol. The van der Waals surface area contributed by atoms with Crippen LogP contribution in [-0.2, 0) is 11.3 Å². The number of benzene rings is 1. The molecule has 23 heavy (non-hydrogen) atoms. The SMILES string of the molecule is O=C(NC1CCN(Cc2ccccc2)CC1)C1CC2CCC1C2. The highest BCUT2D eigenvalue weighted by molar-refractivity contribution is 5.79. The number of carbonyl (C=O) groups excluding carboxylic acids is 1. The minimum absolute atomic E-state index is 0.330. The largest absolute Gasteiger partial charge is 0.353 e.